The van der Waals surface area contributed by atoms with Crippen molar-refractivity contribution in [3.8, 4) is 11.3 Å². The third-order valence-corrected chi connectivity index (χ3v) is 3.08. The molecule has 0 amide bonds. The minimum absolute atomic E-state index is 0.262. The lowest BCUT2D eigenvalue weighted by Gasteiger charge is -2.05. The lowest BCUT2D eigenvalue weighted by molar-refractivity contribution is 0.961. The predicted octanol–water partition coefficient (Wildman–Crippen LogP) is 3.01. The zero-order valence-electron chi connectivity index (χ0n) is 9.84. The van der Waals surface area contributed by atoms with Gasteiger partial charge in [-0.05, 0) is 35.7 Å². The smallest absolute Gasteiger partial charge is 0.222 e. The molecule has 0 N–H and O–H groups in total. The van der Waals surface area contributed by atoms with Crippen LogP contribution in [0.3, 0.4) is 0 Å². The minimum Gasteiger partial charge on any atom is -0.240 e. The minimum atomic E-state index is 0.262. The second-order valence-corrected chi connectivity index (χ2v) is 4.29. The Bertz CT molecular complexity index is 705. The number of aromatic nitrogens is 4. The van der Waals surface area contributed by atoms with E-state index in [0.29, 0.717) is 0 Å². The Kier molecular flexibility index (Phi) is 2.72. The normalized spacial score (nSPS) is 11.0. The van der Waals surface area contributed by atoms with Crippen LogP contribution in [0.4, 0.5) is 0 Å². The van der Waals surface area contributed by atoms with Crippen LogP contribution in [0.15, 0.2) is 36.8 Å². The van der Waals surface area contributed by atoms with Crippen molar-refractivity contribution in [3.63, 3.8) is 0 Å². The summed E-state index contributed by atoms with van der Waals surface area (Å²) in [5.41, 5.74) is 3.93. The number of hydrogen-bond acceptors (Lipinski definition) is 3. The first-order chi connectivity index (χ1) is 8.79. The third kappa shape index (κ3) is 1.75. The Labute approximate surface area is 109 Å². The van der Waals surface area contributed by atoms with Gasteiger partial charge in [0.1, 0.15) is 0 Å². The number of nitrogens with zero attached hydrogens (tertiary/aromatic N) is 4. The van der Waals surface area contributed by atoms with Gasteiger partial charge in [0.2, 0.25) is 5.28 Å². The second-order valence-electron chi connectivity index (χ2n) is 3.96. The Morgan fingerprint density at radius 1 is 1.28 bits per heavy atom. The van der Waals surface area contributed by atoms with Crippen LogP contribution in [0.25, 0.3) is 16.8 Å². The molecule has 4 nitrogen and oxygen atoms in total. The number of hydrogen-bond donors (Lipinski definition) is 0. The fourth-order valence-electron chi connectivity index (χ4n) is 1.99. The fraction of sp³-hybridized carbons (Fsp3) is 0.154. The lowest BCUT2D eigenvalue weighted by atomic mass is 10.1. The van der Waals surface area contributed by atoms with E-state index in [0.717, 1.165) is 28.8 Å². The van der Waals surface area contributed by atoms with Gasteiger partial charge < -0.3 is 0 Å². The monoisotopic (exact) mass is 258 g/mol. The quantitative estimate of drug-likeness (QED) is 0.664. The van der Waals surface area contributed by atoms with Crippen molar-refractivity contribution in [1.29, 1.82) is 0 Å². The second kappa shape index (κ2) is 4.38. The van der Waals surface area contributed by atoms with Crippen molar-refractivity contribution >= 4 is 17.1 Å². The highest BCUT2D eigenvalue weighted by atomic mass is 35.5. The number of fused-ring (bicyclic) bond motifs is 1. The fourth-order valence-corrected chi connectivity index (χ4v) is 2.13. The maximum atomic E-state index is 5.89. The van der Waals surface area contributed by atoms with Gasteiger partial charge in [-0.1, -0.05) is 13.0 Å². The van der Waals surface area contributed by atoms with Crippen molar-refractivity contribution < 1.29 is 0 Å². The molecule has 0 spiro atoms. The zero-order valence-corrected chi connectivity index (χ0v) is 10.6. The molecule has 3 aromatic rings. The van der Waals surface area contributed by atoms with Crippen LogP contribution >= 0.6 is 11.6 Å². The van der Waals surface area contributed by atoms with E-state index in [1.807, 2.05) is 35.1 Å². The molecule has 0 fully saturated rings. The molecule has 90 valence electrons. The van der Waals surface area contributed by atoms with Gasteiger partial charge in [0.05, 0.1) is 17.4 Å². The molecule has 18 heavy (non-hydrogen) atoms. The van der Waals surface area contributed by atoms with Crippen molar-refractivity contribution in [2.24, 2.45) is 0 Å². The molecule has 0 aliphatic carbocycles. The largest absolute Gasteiger partial charge is 0.240 e. The van der Waals surface area contributed by atoms with Gasteiger partial charge in [-0.2, -0.15) is 5.10 Å². The molecular weight excluding hydrogens is 248 g/mol. The summed E-state index contributed by atoms with van der Waals surface area (Å²) in [6.07, 6.45) is 6.36. The Balaban J connectivity index is 2.29. The van der Waals surface area contributed by atoms with E-state index in [-0.39, 0.29) is 5.28 Å². The first kappa shape index (κ1) is 11.2. The predicted molar refractivity (Wildman–Crippen MR) is 70.6 cm³/mol. The molecule has 0 bridgehead atoms. The molecule has 0 radical (unpaired) electrons. The van der Waals surface area contributed by atoms with Crippen molar-refractivity contribution in [2.75, 3.05) is 0 Å². The highest BCUT2D eigenvalue weighted by Gasteiger charge is 2.12. The van der Waals surface area contributed by atoms with Crippen molar-refractivity contribution in [3.05, 3.63) is 47.6 Å². The molecule has 3 heterocycles. The molecule has 5 heteroatoms. The van der Waals surface area contributed by atoms with Gasteiger partial charge >= 0.3 is 0 Å². The van der Waals surface area contributed by atoms with Gasteiger partial charge in [0.25, 0.3) is 0 Å². The van der Waals surface area contributed by atoms with Crippen LogP contribution in [0.5, 0.6) is 0 Å². The number of pyridine rings is 1. The molecule has 0 atom stereocenters. The summed E-state index contributed by atoms with van der Waals surface area (Å²) in [7, 11) is 0. The molecule has 0 saturated heterocycles. The van der Waals surface area contributed by atoms with E-state index in [1.54, 1.807) is 6.20 Å². The topological polar surface area (TPSA) is 43.1 Å². The van der Waals surface area contributed by atoms with E-state index < -0.39 is 0 Å². The molecule has 3 aromatic heterocycles. The van der Waals surface area contributed by atoms with E-state index in [1.165, 1.54) is 0 Å². The SMILES string of the molecule is CCc1cnc(Cl)nc1-c1cnn2ccccc12. The molecular formula is C13H11ClN4. The van der Waals surface area contributed by atoms with Crippen molar-refractivity contribution in [2.45, 2.75) is 13.3 Å². The number of aryl methyl sites for hydroxylation is 1. The van der Waals surface area contributed by atoms with Crippen LogP contribution in [0.2, 0.25) is 5.28 Å². The van der Waals surface area contributed by atoms with E-state index >= 15 is 0 Å². The summed E-state index contributed by atoms with van der Waals surface area (Å²) in [6.45, 7) is 2.07. The van der Waals surface area contributed by atoms with Gasteiger partial charge in [-0.3, -0.25) is 0 Å². The Hall–Kier alpha value is -1.94. The van der Waals surface area contributed by atoms with E-state index in [4.69, 9.17) is 11.6 Å². The van der Waals surface area contributed by atoms with Gasteiger partial charge in [-0.25, -0.2) is 14.5 Å². The summed E-state index contributed by atoms with van der Waals surface area (Å²) in [4.78, 5) is 8.37. The summed E-state index contributed by atoms with van der Waals surface area (Å²) in [6, 6.07) is 5.93. The highest BCUT2D eigenvalue weighted by Crippen LogP contribution is 2.26. The maximum absolute atomic E-state index is 5.89. The van der Waals surface area contributed by atoms with Gasteiger partial charge in [0, 0.05) is 18.0 Å². The first-order valence-corrected chi connectivity index (χ1v) is 6.11. The standard InChI is InChI=1S/C13H11ClN4/c1-2-9-7-15-13(14)17-12(9)10-8-16-18-6-4-3-5-11(10)18/h3-8H,2H2,1H3. The molecule has 0 unspecified atom stereocenters. The summed E-state index contributed by atoms with van der Waals surface area (Å²) in [5.74, 6) is 0. The average molecular weight is 259 g/mol. The third-order valence-electron chi connectivity index (χ3n) is 2.90. The Morgan fingerprint density at radius 3 is 3.00 bits per heavy atom. The maximum Gasteiger partial charge on any atom is 0.222 e. The average Bonchev–Trinajstić information content (AvgIpc) is 2.82. The van der Waals surface area contributed by atoms with Gasteiger partial charge in [0.15, 0.2) is 0 Å². The van der Waals surface area contributed by atoms with Gasteiger partial charge in [-0.15, -0.1) is 0 Å². The van der Waals surface area contributed by atoms with Crippen LogP contribution in [-0.2, 0) is 6.42 Å². The summed E-state index contributed by atoms with van der Waals surface area (Å²) >= 11 is 5.89. The van der Waals surface area contributed by atoms with Crippen LogP contribution < -0.4 is 0 Å². The van der Waals surface area contributed by atoms with Crippen LogP contribution in [0, 0.1) is 0 Å². The van der Waals surface area contributed by atoms with Crippen LogP contribution in [-0.4, -0.2) is 19.6 Å². The highest BCUT2D eigenvalue weighted by molar-refractivity contribution is 6.28. The Morgan fingerprint density at radius 2 is 2.17 bits per heavy atom. The van der Waals surface area contributed by atoms with E-state index in [9.17, 15) is 0 Å². The first-order valence-electron chi connectivity index (χ1n) is 5.73. The number of rotatable bonds is 2. The zero-order chi connectivity index (χ0) is 12.5. The number of halogens is 1. The molecule has 0 saturated carbocycles. The summed E-state index contributed by atoms with van der Waals surface area (Å²) < 4.78 is 1.82. The van der Waals surface area contributed by atoms with Crippen molar-refractivity contribution in [1.82, 2.24) is 19.6 Å². The molecule has 0 aliphatic heterocycles. The molecule has 0 aromatic carbocycles. The van der Waals surface area contributed by atoms with Crippen LogP contribution in [0.1, 0.15) is 12.5 Å². The molecule has 3 rings (SSSR count). The molecule has 0 aliphatic rings. The van der Waals surface area contributed by atoms with E-state index in [2.05, 4.69) is 22.0 Å². The lowest BCUT2D eigenvalue weighted by Crippen LogP contribution is -1.94. The summed E-state index contributed by atoms with van der Waals surface area (Å²) in [5, 5.41) is 4.57.